The number of nitrogens with zero attached hydrogens (tertiary/aromatic N) is 1. The summed E-state index contributed by atoms with van der Waals surface area (Å²) in [7, 11) is 0. The van der Waals surface area contributed by atoms with Crippen molar-refractivity contribution in [2.24, 2.45) is 5.73 Å². The largest absolute Gasteiger partial charge is 0.394 e. The lowest BCUT2D eigenvalue weighted by Crippen LogP contribution is -2.31. The summed E-state index contributed by atoms with van der Waals surface area (Å²) < 4.78 is 0. The third-order valence-corrected chi connectivity index (χ3v) is 3.77. The molecule has 1 heterocycles. The van der Waals surface area contributed by atoms with Crippen LogP contribution in [0.15, 0.2) is 24.3 Å². The summed E-state index contributed by atoms with van der Waals surface area (Å²) in [5, 5.41) is 9.00. The fourth-order valence-electron chi connectivity index (χ4n) is 2.51. The highest BCUT2D eigenvalue weighted by atomic mass is 16.3. The number of benzene rings is 1. The van der Waals surface area contributed by atoms with E-state index < -0.39 is 0 Å². The second kappa shape index (κ2) is 6.88. The van der Waals surface area contributed by atoms with Gasteiger partial charge in [-0.15, -0.1) is 0 Å². The van der Waals surface area contributed by atoms with E-state index in [0.29, 0.717) is 0 Å². The molecule has 100 valence electrons. The highest BCUT2D eigenvalue weighted by Gasteiger charge is 2.09. The molecule has 1 fully saturated rings. The lowest BCUT2D eigenvalue weighted by molar-refractivity contribution is 0.231. The summed E-state index contributed by atoms with van der Waals surface area (Å²) in [5.74, 6) is 0. The van der Waals surface area contributed by atoms with E-state index in [9.17, 15) is 0 Å². The minimum absolute atomic E-state index is 0.00707. The van der Waals surface area contributed by atoms with Gasteiger partial charge in [0.1, 0.15) is 0 Å². The molecule has 0 radical (unpaired) electrons. The van der Waals surface area contributed by atoms with E-state index in [-0.39, 0.29) is 12.6 Å². The Kier molecular flexibility index (Phi) is 5.17. The number of hydrogen-bond acceptors (Lipinski definition) is 3. The van der Waals surface area contributed by atoms with Crippen molar-refractivity contribution in [1.82, 2.24) is 4.90 Å². The van der Waals surface area contributed by atoms with Crippen molar-refractivity contribution in [2.45, 2.75) is 31.7 Å². The number of hydrogen-bond donors (Lipinski definition) is 2. The number of piperidine rings is 1. The van der Waals surface area contributed by atoms with Crippen LogP contribution in [0.4, 0.5) is 0 Å². The standard InChI is InChI=1S/C15H24N2O/c16-15(12-18)14-6-4-13(5-7-14)8-11-17-9-2-1-3-10-17/h4-7,15,18H,1-3,8-12,16H2. The average Bonchev–Trinajstić information content (AvgIpc) is 2.46. The summed E-state index contributed by atoms with van der Waals surface area (Å²) in [4.78, 5) is 2.55. The van der Waals surface area contributed by atoms with E-state index in [4.69, 9.17) is 10.8 Å². The summed E-state index contributed by atoms with van der Waals surface area (Å²) in [5.41, 5.74) is 8.15. The lowest BCUT2D eigenvalue weighted by Gasteiger charge is -2.26. The SMILES string of the molecule is NC(CO)c1ccc(CCN2CCCCC2)cc1. The van der Waals surface area contributed by atoms with Crippen molar-refractivity contribution < 1.29 is 5.11 Å². The van der Waals surface area contributed by atoms with E-state index in [1.165, 1.54) is 37.9 Å². The maximum Gasteiger partial charge on any atom is 0.0624 e. The van der Waals surface area contributed by atoms with Gasteiger partial charge in [-0.3, -0.25) is 0 Å². The Morgan fingerprint density at radius 3 is 2.39 bits per heavy atom. The molecule has 0 spiro atoms. The lowest BCUT2D eigenvalue weighted by atomic mass is 10.0. The molecular weight excluding hydrogens is 224 g/mol. The second-order valence-electron chi connectivity index (χ2n) is 5.18. The van der Waals surface area contributed by atoms with E-state index in [1.54, 1.807) is 0 Å². The zero-order valence-corrected chi connectivity index (χ0v) is 11.0. The summed E-state index contributed by atoms with van der Waals surface area (Å²) in [6, 6.07) is 8.09. The van der Waals surface area contributed by atoms with Crippen LogP contribution >= 0.6 is 0 Å². The Morgan fingerprint density at radius 1 is 1.11 bits per heavy atom. The van der Waals surface area contributed by atoms with Crippen molar-refractivity contribution >= 4 is 0 Å². The Morgan fingerprint density at radius 2 is 1.78 bits per heavy atom. The zero-order valence-electron chi connectivity index (χ0n) is 11.0. The van der Waals surface area contributed by atoms with Crippen LogP contribution in [0.1, 0.15) is 36.4 Å². The maximum absolute atomic E-state index is 9.00. The second-order valence-corrected chi connectivity index (χ2v) is 5.18. The third kappa shape index (κ3) is 3.80. The van der Waals surface area contributed by atoms with Crippen LogP contribution in [0, 0.1) is 0 Å². The molecule has 18 heavy (non-hydrogen) atoms. The molecule has 1 saturated heterocycles. The van der Waals surface area contributed by atoms with Gasteiger partial charge in [-0.2, -0.15) is 0 Å². The van der Waals surface area contributed by atoms with Crippen LogP contribution in [0.5, 0.6) is 0 Å². The average molecular weight is 248 g/mol. The number of rotatable bonds is 5. The van der Waals surface area contributed by atoms with E-state index in [0.717, 1.165) is 18.5 Å². The normalized spacial score (nSPS) is 18.8. The van der Waals surface area contributed by atoms with Gasteiger partial charge in [-0.25, -0.2) is 0 Å². The van der Waals surface area contributed by atoms with Crippen LogP contribution < -0.4 is 5.73 Å². The predicted molar refractivity (Wildman–Crippen MR) is 74.5 cm³/mol. The highest BCUT2D eigenvalue weighted by Crippen LogP contribution is 2.13. The van der Waals surface area contributed by atoms with E-state index >= 15 is 0 Å². The first-order valence-corrected chi connectivity index (χ1v) is 6.97. The molecule has 0 aliphatic carbocycles. The Bertz CT molecular complexity index is 344. The van der Waals surface area contributed by atoms with Gasteiger partial charge < -0.3 is 15.7 Å². The molecule has 0 aromatic heterocycles. The third-order valence-electron chi connectivity index (χ3n) is 3.77. The fourth-order valence-corrected chi connectivity index (χ4v) is 2.51. The Balaban J connectivity index is 1.82. The van der Waals surface area contributed by atoms with Gasteiger partial charge in [0.15, 0.2) is 0 Å². The molecule has 0 bridgehead atoms. The fraction of sp³-hybridized carbons (Fsp3) is 0.600. The first kappa shape index (κ1) is 13.5. The summed E-state index contributed by atoms with van der Waals surface area (Å²) in [6.45, 7) is 3.68. The van der Waals surface area contributed by atoms with Gasteiger partial charge in [-0.1, -0.05) is 30.7 Å². The summed E-state index contributed by atoms with van der Waals surface area (Å²) in [6.07, 6.45) is 5.20. The van der Waals surface area contributed by atoms with Crippen molar-refractivity contribution in [3.05, 3.63) is 35.4 Å². The number of likely N-dealkylation sites (tertiary alicyclic amines) is 1. The van der Waals surface area contributed by atoms with E-state index in [1.807, 2.05) is 12.1 Å². The van der Waals surface area contributed by atoms with Crippen LogP contribution in [-0.4, -0.2) is 36.2 Å². The van der Waals surface area contributed by atoms with Gasteiger partial charge in [0.05, 0.1) is 12.6 Å². The smallest absolute Gasteiger partial charge is 0.0624 e. The van der Waals surface area contributed by atoms with Crippen molar-refractivity contribution in [3.8, 4) is 0 Å². The monoisotopic (exact) mass is 248 g/mol. The number of aliphatic hydroxyl groups excluding tert-OH is 1. The molecule has 1 aliphatic heterocycles. The predicted octanol–water partition coefficient (Wildman–Crippen LogP) is 1.71. The van der Waals surface area contributed by atoms with Crippen molar-refractivity contribution in [1.29, 1.82) is 0 Å². The Hall–Kier alpha value is -0.900. The Labute approximate surface area is 110 Å². The van der Waals surface area contributed by atoms with Crippen molar-refractivity contribution in [2.75, 3.05) is 26.2 Å². The molecule has 0 amide bonds. The molecule has 1 aromatic carbocycles. The van der Waals surface area contributed by atoms with Crippen LogP contribution in [-0.2, 0) is 6.42 Å². The first-order valence-electron chi connectivity index (χ1n) is 6.97. The molecular formula is C15H24N2O. The highest BCUT2D eigenvalue weighted by molar-refractivity contribution is 5.25. The van der Waals surface area contributed by atoms with Crippen molar-refractivity contribution in [3.63, 3.8) is 0 Å². The zero-order chi connectivity index (χ0) is 12.8. The molecule has 1 aliphatic rings. The molecule has 1 unspecified atom stereocenters. The van der Waals surface area contributed by atoms with Gasteiger partial charge in [-0.05, 0) is 43.5 Å². The maximum atomic E-state index is 9.00. The molecule has 2 rings (SSSR count). The van der Waals surface area contributed by atoms with Crippen LogP contribution in [0.3, 0.4) is 0 Å². The minimum atomic E-state index is -0.249. The summed E-state index contributed by atoms with van der Waals surface area (Å²) >= 11 is 0. The topological polar surface area (TPSA) is 49.5 Å². The molecule has 0 saturated carbocycles. The van der Waals surface area contributed by atoms with Gasteiger partial charge >= 0.3 is 0 Å². The molecule has 1 atom stereocenters. The number of aliphatic hydroxyl groups is 1. The van der Waals surface area contributed by atoms with Crippen LogP contribution in [0.25, 0.3) is 0 Å². The van der Waals surface area contributed by atoms with Gasteiger partial charge in [0.25, 0.3) is 0 Å². The van der Waals surface area contributed by atoms with Gasteiger partial charge in [0.2, 0.25) is 0 Å². The number of nitrogens with two attached hydrogens (primary N) is 1. The first-order chi connectivity index (χ1) is 8.79. The van der Waals surface area contributed by atoms with Crippen LogP contribution in [0.2, 0.25) is 0 Å². The van der Waals surface area contributed by atoms with Gasteiger partial charge in [0, 0.05) is 6.54 Å². The molecule has 3 heteroatoms. The molecule has 1 aromatic rings. The minimum Gasteiger partial charge on any atom is -0.394 e. The quantitative estimate of drug-likeness (QED) is 0.834. The van der Waals surface area contributed by atoms with E-state index in [2.05, 4.69) is 17.0 Å². The molecule has 3 N–H and O–H groups in total. The molecule has 3 nitrogen and oxygen atoms in total.